The number of fused-ring (bicyclic) bond motifs is 1. The number of aryl methyl sites for hydroxylation is 1. The van der Waals surface area contributed by atoms with Crippen LogP contribution in [0.15, 0.2) is 53.3 Å². The molecule has 4 rings (SSSR count). The van der Waals surface area contributed by atoms with Crippen molar-refractivity contribution in [3.05, 3.63) is 64.7 Å². The van der Waals surface area contributed by atoms with E-state index >= 15 is 0 Å². The van der Waals surface area contributed by atoms with Crippen LogP contribution >= 0.6 is 0 Å². The first-order valence-electron chi connectivity index (χ1n) is 10.3. The number of amides is 2. The molecule has 160 valence electrons. The van der Waals surface area contributed by atoms with Crippen molar-refractivity contribution in [2.45, 2.75) is 31.7 Å². The van der Waals surface area contributed by atoms with E-state index in [0.717, 1.165) is 12.8 Å². The lowest BCUT2D eigenvalue weighted by molar-refractivity contribution is -0.122. The average Bonchev–Trinajstić information content (AvgIpc) is 3.61. The highest BCUT2D eigenvalue weighted by atomic mass is 16.5. The van der Waals surface area contributed by atoms with E-state index in [1.165, 1.54) is 7.05 Å². The number of carbonyl (C=O) groups excluding carboxylic acids is 2. The monoisotopic (exact) mass is 420 g/mol. The molecule has 1 aliphatic carbocycles. The molecule has 8 nitrogen and oxygen atoms in total. The number of likely N-dealkylation sites (N-methyl/N-ethyl adjacent to an activating group) is 1. The molecule has 0 saturated heterocycles. The lowest BCUT2D eigenvalue weighted by Crippen LogP contribution is -2.25. The van der Waals surface area contributed by atoms with Crippen LogP contribution in [0.5, 0.6) is 5.75 Å². The van der Waals surface area contributed by atoms with Gasteiger partial charge in [-0.05, 0) is 37.1 Å². The molecule has 2 amide bonds. The first-order valence-corrected chi connectivity index (χ1v) is 10.3. The Morgan fingerprint density at radius 3 is 2.71 bits per heavy atom. The molecule has 0 atom stereocenters. The van der Waals surface area contributed by atoms with Gasteiger partial charge in [0.25, 0.3) is 11.5 Å². The predicted octanol–water partition coefficient (Wildman–Crippen LogP) is 2.43. The summed E-state index contributed by atoms with van der Waals surface area (Å²) in [6, 6.07) is 14.3. The van der Waals surface area contributed by atoms with Crippen molar-refractivity contribution in [3.8, 4) is 5.75 Å². The molecule has 1 saturated carbocycles. The van der Waals surface area contributed by atoms with Crippen LogP contribution in [0.1, 0.15) is 31.1 Å². The van der Waals surface area contributed by atoms with Crippen LogP contribution in [0, 0.1) is 0 Å². The second kappa shape index (κ2) is 8.99. The molecule has 2 aromatic carbocycles. The highest BCUT2D eigenvalue weighted by Gasteiger charge is 2.28. The van der Waals surface area contributed by atoms with Crippen LogP contribution in [0.3, 0.4) is 0 Å². The minimum absolute atomic E-state index is 0.0375. The Balaban J connectivity index is 1.44. The van der Waals surface area contributed by atoms with E-state index in [2.05, 4.69) is 15.6 Å². The SMILES string of the molecule is CNC(=O)COc1cccc(NC(=O)CCc2nc3ccccc3c(=O)n2C2CC2)c1. The van der Waals surface area contributed by atoms with Gasteiger partial charge in [0.15, 0.2) is 6.61 Å². The number of hydrogen-bond acceptors (Lipinski definition) is 5. The van der Waals surface area contributed by atoms with E-state index < -0.39 is 0 Å². The smallest absolute Gasteiger partial charge is 0.261 e. The Morgan fingerprint density at radius 1 is 1.13 bits per heavy atom. The van der Waals surface area contributed by atoms with Crippen LogP contribution in [0.2, 0.25) is 0 Å². The third kappa shape index (κ3) is 4.91. The number of anilines is 1. The maximum Gasteiger partial charge on any atom is 0.261 e. The fourth-order valence-corrected chi connectivity index (χ4v) is 3.41. The number of ether oxygens (including phenoxy) is 1. The summed E-state index contributed by atoms with van der Waals surface area (Å²) in [5, 5.41) is 5.93. The van der Waals surface area contributed by atoms with Crippen LogP contribution in [-0.4, -0.2) is 35.0 Å². The quantitative estimate of drug-likeness (QED) is 0.583. The van der Waals surface area contributed by atoms with Gasteiger partial charge in [-0.3, -0.25) is 19.0 Å². The van der Waals surface area contributed by atoms with E-state index in [-0.39, 0.29) is 36.4 Å². The Morgan fingerprint density at radius 2 is 1.94 bits per heavy atom. The van der Waals surface area contributed by atoms with Gasteiger partial charge in [0.05, 0.1) is 10.9 Å². The van der Waals surface area contributed by atoms with Gasteiger partial charge in [0.2, 0.25) is 5.91 Å². The molecule has 0 aliphatic heterocycles. The maximum absolute atomic E-state index is 12.9. The van der Waals surface area contributed by atoms with E-state index in [1.807, 2.05) is 18.2 Å². The van der Waals surface area contributed by atoms with Gasteiger partial charge in [0, 0.05) is 37.7 Å². The first-order chi connectivity index (χ1) is 15.0. The highest BCUT2D eigenvalue weighted by Crippen LogP contribution is 2.35. The number of aromatic nitrogens is 2. The maximum atomic E-state index is 12.9. The largest absolute Gasteiger partial charge is 0.484 e. The topological polar surface area (TPSA) is 102 Å². The van der Waals surface area contributed by atoms with E-state index in [4.69, 9.17) is 4.74 Å². The summed E-state index contributed by atoms with van der Waals surface area (Å²) in [6.45, 7) is -0.0970. The van der Waals surface area contributed by atoms with Crippen LogP contribution in [-0.2, 0) is 16.0 Å². The molecule has 1 heterocycles. The van der Waals surface area contributed by atoms with Crippen molar-refractivity contribution >= 4 is 28.4 Å². The minimum atomic E-state index is -0.237. The number of carbonyl (C=O) groups is 2. The van der Waals surface area contributed by atoms with E-state index in [0.29, 0.717) is 34.6 Å². The molecule has 0 bridgehead atoms. The second-order valence-corrected chi connectivity index (χ2v) is 7.49. The number of hydrogen-bond donors (Lipinski definition) is 2. The lowest BCUT2D eigenvalue weighted by atomic mass is 10.2. The summed E-state index contributed by atoms with van der Waals surface area (Å²) in [5.41, 5.74) is 1.19. The highest BCUT2D eigenvalue weighted by molar-refractivity contribution is 5.91. The summed E-state index contributed by atoms with van der Waals surface area (Å²) in [6.07, 6.45) is 2.49. The van der Waals surface area contributed by atoms with Crippen molar-refractivity contribution in [2.75, 3.05) is 19.0 Å². The summed E-state index contributed by atoms with van der Waals surface area (Å²) in [7, 11) is 1.54. The van der Waals surface area contributed by atoms with Crippen molar-refractivity contribution in [3.63, 3.8) is 0 Å². The van der Waals surface area contributed by atoms with Gasteiger partial charge < -0.3 is 15.4 Å². The molecule has 0 spiro atoms. The third-order valence-corrected chi connectivity index (χ3v) is 5.14. The molecular formula is C23H24N4O4. The molecule has 1 aromatic heterocycles. The van der Waals surface area contributed by atoms with Gasteiger partial charge in [-0.1, -0.05) is 18.2 Å². The van der Waals surface area contributed by atoms with E-state index in [1.54, 1.807) is 34.9 Å². The molecule has 2 N–H and O–H groups in total. The van der Waals surface area contributed by atoms with Gasteiger partial charge in [-0.15, -0.1) is 0 Å². The Labute approximate surface area is 179 Å². The standard InChI is InChI=1S/C23H24N4O4/c1-24-22(29)14-31-17-6-4-5-15(13-17)25-21(28)12-11-20-26-19-8-3-2-7-18(19)23(30)27(20)16-9-10-16/h2-8,13,16H,9-12,14H2,1H3,(H,24,29)(H,25,28). The molecular weight excluding hydrogens is 396 g/mol. The number of rotatable bonds is 8. The lowest BCUT2D eigenvalue weighted by Gasteiger charge is -2.13. The molecule has 1 fully saturated rings. The fraction of sp³-hybridized carbons (Fsp3) is 0.304. The zero-order chi connectivity index (χ0) is 21.8. The van der Waals surface area contributed by atoms with Gasteiger partial charge in [-0.25, -0.2) is 4.98 Å². The first kappa shape index (κ1) is 20.6. The molecule has 3 aromatic rings. The van der Waals surface area contributed by atoms with Crippen LogP contribution in [0.25, 0.3) is 10.9 Å². The van der Waals surface area contributed by atoms with Gasteiger partial charge in [0.1, 0.15) is 11.6 Å². The molecule has 1 aliphatic rings. The minimum Gasteiger partial charge on any atom is -0.484 e. The second-order valence-electron chi connectivity index (χ2n) is 7.49. The molecule has 0 unspecified atom stereocenters. The summed E-state index contributed by atoms with van der Waals surface area (Å²) < 4.78 is 7.15. The predicted molar refractivity (Wildman–Crippen MR) is 117 cm³/mol. The van der Waals surface area contributed by atoms with Crippen molar-refractivity contribution in [2.24, 2.45) is 0 Å². The Bertz CT molecular complexity index is 1180. The Hall–Kier alpha value is -3.68. The summed E-state index contributed by atoms with van der Waals surface area (Å²) in [4.78, 5) is 41.4. The Kier molecular flexibility index (Phi) is 5.97. The van der Waals surface area contributed by atoms with E-state index in [9.17, 15) is 14.4 Å². The molecule has 31 heavy (non-hydrogen) atoms. The van der Waals surface area contributed by atoms with Crippen molar-refractivity contribution in [1.82, 2.24) is 14.9 Å². The zero-order valence-corrected chi connectivity index (χ0v) is 17.3. The molecule has 0 radical (unpaired) electrons. The zero-order valence-electron chi connectivity index (χ0n) is 17.3. The van der Waals surface area contributed by atoms with Crippen molar-refractivity contribution in [1.29, 1.82) is 0 Å². The van der Waals surface area contributed by atoms with Crippen LogP contribution < -0.4 is 20.9 Å². The fourth-order valence-electron chi connectivity index (χ4n) is 3.41. The normalized spacial score (nSPS) is 13.1. The summed E-state index contributed by atoms with van der Waals surface area (Å²) in [5.74, 6) is 0.705. The number of benzene rings is 2. The van der Waals surface area contributed by atoms with Crippen molar-refractivity contribution < 1.29 is 14.3 Å². The number of para-hydroxylation sites is 1. The average molecular weight is 420 g/mol. The summed E-state index contributed by atoms with van der Waals surface area (Å²) >= 11 is 0. The van der Waals surface area contributed by atoms with Gasteiger partial charge in [-0.2, -0.15) is 0 Å². The number of nitrogens with one attached hydrogen (secondary N) is 2. The van der Waals surface area contributed by atoms with Crippen LogP contribution in [0.4, 0.5) is 5.69 Å². The third-order valence-electron chi connectivity index (χ3n) is 5.14. The number of nitrogens with zero attached hydrogens (tertiary/aromatic N) is 2. The van der Waals surface area contributed by atoms with Gasteiger partial charge >= 0.3 is 0 Å². The molecule has 8 heteroatoms.